The second kappa shape index (κ2) is 7.02. The summed E-state index contributed by atoms with van der Waals surface area (Å²) >= 11 is 1.87. The van der Waals surface area contributed by atoms with E-state index in [1.54, 1.807) is 0 Å². The summed E-state index contributed by atoms with van der Waals surface area (Å²) in [7, 11) is 0. The number of nitrogens with one attached hydrogen (secondary N) is 1. The lowest BCUT2D eigenvalue weighted by atomic mass is 10.1. The van der Waals surface area contributed by atoms with Crippen LogP contribution in [-0.2, 0) is 6.42 Å². The summed E-state index contributed by atoms with van der Waals surface area (Å²) in [5, 5.41) is 5.71. The van der Waals surface area contributed by atoms with Gasteiger partial charge in [-0.1, -0.05) is 26.3 Å². The van der Waals surface area contributed by atoms with Crippen molar-refractivity contribution in [2.24, 2.45) is 0 Å². The smallest absolute Gasteiger partial charge is 0.00703 e. The zero-order valence-corrected chi connectivity index (χ0v) is 10.1. The van der Waals surface area contributed by atoms with Crippen LogP contribution >= 0.6 is 11.3 Å². The molecule has 0 aliphatic carbocycles. The quantitative estimate of drug-likeness (QED) is 0.728. The van der Waals surface area contributed by atoms with E-state index in [0.717, 1.165) is 6.54 Å². The van der Waals surface area contributed by atoms with Crippen LogP contribution in [0.25, 0.3) is 0 Å². The molecule has 0 radical (unpaired) electrons. The minimum atomic E-state index is 0.715. The summed E-state index contributed by atoms with van der Waals surface area (Å²) in [4.78, 5) is 1.52. The molecule has 0 aliphatic rings. The largest absolute Gasteiger partial charge is 0.314 e. The van der Waals surface area contributed by atoms with Crippen molar-refractivity contribution in [1.29, 1.82) is 0 Å². The number of rotatable bonds is 7. The molecule has 80 valence electrons. The van der Waals surface area contributed by atoms with E-state index in [9.17, 15) is 0 Å². The van der Waals surface area contributed by atoms with Crippen molar-refractivity contribution in [3.8, 4) is 0 Å². The zero-order chi connectivity index (χ0) is 10.2. The van der Waals surface area contributed by atoms with E-state index in [2.05, 4.69) is 36.7 Å². The zero-order valence-electron chi connectivity index (χ0n) is 9.25. The number of aryl methyl sites for hydroxylation is 1. The first-order valence-electron chi connectivity index (χ1n) is 5.62. The Kier molecular flexibility index (Phi) is 5.88. The minimum absolute atomic E-state index is 0.715. The molecule has 14 heavy (non-hydrogen) atoms. The summed E-state index contributed by atoms with van der Waals surface area (Å²) in [5.74, 6) is 0. The lowest BCUT2D eigenvalue weighted by Crippen LogP contribution is -2.29. The molecule has 1 heterocycles. The molecular weight excluding hydrogens is 190 g/mol. The van der Waals surface area contributed by atoms with Crippen molar-refractivity contribution in [2.75, 3.05) is 6.54 Å². The van der Waals surface area contributed by atoms with Crippen LogP contribution in [0.4, 0.5) is 0 Å². The van der Waals surface area contributed by atoms with Gasteiger partial charge < -0.3 is 5.32 Å². The molecule has 1 aromatic heterocycles. The van der Waals surface area contributed by atoms with Gasteiger partial charge >= 0.3 is 0 Å². The van der Waals surface area contributed by atoms with Gasteiger partial charge in [0.1, 0.15) is 0 Å². The van der Waals surface area contributed by atoms with Gasteiger partial charge in [-0.15, -0.1) is 11.3 Å². The Hall–Kier alpha value is -0.340. The van der Waals surface area contributed by atoms with E-state index in [4.69, 9.17) is 0 Å². The van der Waals surface area contributed by atoms with Crippen LogP contribution in [0, 0.1) is 0 Å². The number of thiophene rings is 1. The van der Waals surface area contributed by atoms with Gasteiger partial charge in [-0.05, 0) is 37.3 Å². The van der Waals surface area contributed by atoms with Gasteiger partial charge in [-0.25, -0.2) is 0 Å². The maximum absolute atomic E-state index is 3.55. The molecule has 0 aromatic carbocycles. The SMILES string of the molecule is CCCC(CCc1cccs1)NCC. The average Bonchev–Trinajstić information content (AvgIpc) is 2.67. The van der Waals surface area contributed by atoms with Gasteiger partial charge in [0.25, 0.3) is 0 Å². The van der Waals surface area contributed by atoms with E-state index in [0.29, 0.717) is 6.04 Å². The van der Waals surface area contributed by atoms with Gasteiger partial charge in [0.15, 0.2) is 0 Å². The highest BCUT2D eigenvalue weighted by Gasteiger charge is 2.06. The molecule has 0 amide bonds. The highest BCUT2D eigenvalue weighted by Crippen LogP contribution is 2.13. The maximum Gasteiger partial charge on any atom is 0.00703 e. The fourth-order valence-corrected chi connectivity index (χ4v) is 2.48. The van der Waals surface area contributed by atoms with Crippen LogP contribution in [0.3, 0.4) is 0 Å². The number of hydrogen-bond acceptors (Lipinski definition) is 2. The lowest BCUT2D eigenvalue weighted by Gasteiger charge is -2.16. The van der Waals surface area contributed by atoms with Crippen molar-refractivity contribution in [3.05, 3.63) is 22.4 Å². The van der Waals surface area contributed by atoms with Gasteiger partial charge in [0, 0.05) is 10.9 Å². The van der Waals surface area contributed by atoms with Crippen molar-refractivity contribution < 1.29 is 0 Å². The van der Waals surface area contributed by atoms with Gasteiger partial charge in [-0.2, -0.15) is 0 Å². The van der Waals surface area contributed by atoms with E-state index >= 15 is 0 Å². The third-order valence-electron chi connectivity index (χ3n) is 2.45. The second-order valence-corrected chi connectivity index (χ2v) is 4.69. The Morgan fingerprint density at radius 1 is 1.36 bits per heavy atom. The molecule has 1 unspecified atom stereocenters. The molecule has 2 heteroatoms. The molecule has 1 N–H and O–H groups in total. The normalized spacial score (nSPS) is 13.0. The molecule has 0 fully saturated rings. The van der Waals surface area contributed by atoms with Crippen LogP contribution in [-0.4, -0.2) is 12.6 Å². The highest BCUT2D eigenvalue weighted by atomic mass is 32.1. The van der Waals surface area contributed by atoms with Gasteiger partial charge in [0.05, 0.1) is 0 Å². The molecule has 1 rings (SSSR count). The standard InChI is InChI=1S/C12H21NS/c1-3-6-11(13-4-2)8-9-12-7-5-10-14-12/h5,7,10-11,13H,3-4,6,8-9H2,1-2H3. The van der Waals surface area contributed by atoms with Gasteiger partial charge in [-0.3, -0.25) is 0 Å². The van der Waals surface area contributed by atoms with Crippen LogP contribution in [0.1, 0.15) is 38.0 Å². The summed E-state index contributed by atoms with van der Waals surface area (Å²) in [6, 6.07) is 5.09. The molecule has 1 nitrogen and oxygen atoms in total. The van der Waals surface area contributed by atoms with Crippen molar-refractivity contribution in [1.82, 2.24) is 5.32 Å². The van der Waals surface area contributed by atoms with Crippen molar-refractivity contribution >= 4 is 11.3 Å². The third-order valence-corrected chi connectivity index (χ3v) is 3.39. The summed E-state index contributed by atoms with van der Waals surface area (Å²) in [6.45, 7) is 5.54. The summed E-state index contributed by atoms with van der Waals surface area (Å²) < 4.78 is 0. The first-order valence-corrected chi connectivity index (χ1v) is 6.50. The van der Waals surface area contributed by atoms with E-state index in [1.165, 1.54) is 30.6 Å². The van der Waals surface area contributed by atoms with Crippen LogP contribution in [0.5, 0.6) is 0 Å². The molecule has 0 aliphatic heterocycles. The molecular formula is C12H21NS. The van der Waals surface area contributed by atoms with E-state index in [-0.39, 0.29) is 0 Å². The summed E-state index contributed by atoms with van der Waals surface area (Å²) in [5.41, 5.74) is 0. The van der Waals surface area contributed by atoms with Crippen LogP contribution in [0.15, 0.2) is 17.5 Å². The molecule has 0 spiro atoms. The van der Waals surface area contributed by atoms with Crippen molar-refractivity contribution in [2.45, 2.75) is 45.6 Å². The molecule has 1 atom stereocenters. The Balaban J connectivity index is 2.25. The first-order chi connectivity index (χ1) is 6.86. The predicted octanol–water partition coefficient (Wildman–Crippen LogP) is 3.46. The van der Waals surface area contributed by atoms with Gasteiger partial charge in [0.2, 0.25) is 0 Å². The Labute approximate surface area is 91.5 Å². The summed E-state index contributed by atoms with van der Waals surface area (Å²) in [6.07, 6.45) is 5.10. The molecule has 0 saturated carbocycles. The molecule has 1 aromatic rings. The maximum atomic E-state index is 3.55. The fourth-order valence-electron chi connectivity index (χ4n) is 1.76. The fraction of sp³-hybridized carbons (Fsp3) is 0.667. The monoisotopic (exact) mass is 211 g/mol. The Bertz CT molecular complexity index is 212. The topological polar surface area (TPSA) is 12.0 Å². The Morgan fingerprint density at radius 2 is 2.21 bits per heavy atom. The highest BCUT2D eigenvalue weighted by molar-refractivity contribution is 7.09. The van der Waals surface area contributed by atoms with E-state index in [1.807, 2.05) is 11.3 Å². The minimum Gasteiger partial charge on any atom is -0.314 e. The van der Waals surface area contributed by atoms with E-state index < -0.39 is 0 Å². The number of hydrogen-bond donors (Lipinski definition) is 1. The molecule has 0 bridgehead atoms. The molecule has 0 saturated heterocycles. The first kappa shape index (κ1) is 11.7. The predicted molar refractivity (Wildman–Crippen MR) is 65.0 cm³/mol. The van der Waals surface area contributed by atoms with Crippen molar-refractivity contribution in [3.63, 3.8) is 0 Å². The van der Waals surface area contributed by atoms with Crippen LogP contribution in [0.2, 0.25) is 0 Å². The third kappa shape index (κ3) is 4.25. The Morgan fingerprint density at radius 3 is 2.79 bits per heavy atom. The lowest BCUT2D eigenvalue weighted by molar-refractivity contribution is 0.461. The average molecular weight is 211 g/mol. The second-order valence-electron chi connectivity index (χ2n) is 3.66. The van der Waals surface area contributed by atoms with Crippen LogP contribution < -0.4 is 5.32 Å².